The largest absolute Gasteiger partial charge is 0.310 e. The fraction of sp³-hybridized carbons (Fsp3) is 0.588. The Morgan fingerprint density at radius 3 is 2.60 bits per heavy atom. The molecule has 1 N–H and O–H groups in total. The summed E-state index contributed by atoms with van der Waals surface area (Å²) in [4.78, 5) is 14.6. The van der Waals surface area contributed by atoms with Crippen LogP contribution in [0, 0.1) is 5.92 Å². The third-order valence-corrected chi connectivity index (χ3v) is 4.11. The van der Waals surface area contributed by atoms with E-state index in [4.69, 9.17) is 0 Å². The van der Waals surface area contributed by atoms with Gasteiger partial charge in [0.25, 0.3) is 0 Å². The van der Waals surface area contributed by atoms with Crippen molar-refractivity contribution in [3.63, 3.8) is 0 Å². The Morgan fingerprint density at radius 2 is 1.95 bits per heavy atom. The molecular formula is C17H26N2O. The number of piperidine rings is 1. The molecule has 0 spiro atoms. The topological polar surface area (TPSA) is 32.3 Å². The quantitative estimate of drug-likeness (QED) is 0.838. The average molecular weight is 274 g/mol. The first kappa shape index (κ1) is 15.2. The van der Waals surface area contributed by atoms with Gasteiger partial charge in [0.1, 0.15) is 0 Å². The van der Waals surface area contributed by atoms with Crippen molar-refractivity contribution in [1.29, 1.82) is 0 Å². The van der Waals surface area contributed by atoms with Gasteiger partial charge in [-0.2, -0.15) is 0 Å². The van der Waals surface area contributed by atoms with E-state index < -0.39 is 0 Å². The summed E-state index contributed by atoms with van der Waals surface area (Å²) >= 11 is 0. The van der Waals surface area contributed by atoms with Gasteiger partial charge in [-0.3, -0.25) is 4.79 Å². The van der Waals surface area contributed by atoms with Gasteiger partial charge in [-0.25, -0.2) is 0 Å². The van der Waals surface area contributed by atoms with E-state index in [1.54, 1.807) is 0 Å². The van der Waals surface area contributed by atoms with E-state index in [-0.39, 0.29) is 11.7 Å². The van der Waals surface area contributed by atoms with Crippen molar-refractivity contribution in [2.24, 2.45) is 5.92 Å². The second-order valence-corrected chi connectivity index (χ2v) is 6.13. The molecule has 0 aromatic heterocycles. The number of nitrogens with one attached hydrogen (secondary N) is 1. The average Bonchev–Trinajstić information content (AvgIpc) is 2.46. The molecule has 0 amide bonds. The Labute approximate surface area is 122 Å². The molecule has 1 aliphatic heterocycles. The van der Waals surface area contributed by atoms with Crippen LogP contribution >= 0.6 is 0 Å². The molecule has 110 valence electrons. The fourth-order valence-corrected chi connectivity index (χ4v) is 2.69. The van der Waals surface area contributed by atoms with Gasteiger partial charge in [-0.15, -0.1) is 0 Å². The van der Waals surface area contributed by atoms with Gasteiger partial charge < -0.3 is 10.2 Å². The van der Waals surface area contributed by atoms with Gasteiger partial charge in [0.2, 0.25) is 0 Å². The Kier molecular flexibility index (Phi) is 5.32. The van der Waals surface area contributed by atoms with Crippen LogP contribution in [0.5, 0.6) is 0 Å². The van der Waals surface area contributed by atoms with Gasteiger partial charge in [-0.1, -0.05) is 38.1 Å². The Morgan fingerprint density at radius 1 is 1.30 bits per heavy atom. The first-order valence-corrected chi connectivity index (χ1v) is 7.62. The summed E-state index contributed by atoms with van der Waals surface area (Å²) < 4.78 is 0. The number of nitrogens with zero attached hydrogens (tertiary/aromatic N) is 1. The van der Waals surface area contributed by atoms with Gasteiger partial charge >= 0.3 is 0 Å². The van der Waals surface area contributed by atoms with E-state index in [1.165, 1.54) is 12.8 Å². The highest BCUT2D eigenvalue weighted by Gasteiger charge is 2.18. The number of likely N-dealkylation sites (tertiary alicyclic amines) is 1. The van der Waals surface area contributed by atoms with Crippen LogP contribution in [0.2, 0.25) is 0 Å². The highest BCUT2D eigenvalue weighted by molar-refractivity contribution is 5.98. The molecule has 0 bridgehead atoms. The first-order chi connectivity index (χ1) is 9.58. The summed E-state index contributed by atoms with van der Waals surface area (Å²) in [5.41, 5.74) is 2.01. The number of Topliss-reactive ketones (excluding diaryl/α,β-unsaturated/α-hetero) is 1. The number of rotatable bonds is 5. The standard InChI is InChI=1S/C17H26N2O/c1-13(2)17(20)16-7-5-4-6-14(16)12-18-15-8-10-19(3)11-9-15/h4-7,13,15,18H,8-12H2,1-3H3. The van der Waals surface area contributed by atoms with E-state index in [0.717, 1.165) is 30.8 Å². The molecule has 0 saturated carbocycles. The lowest BCUT2D eigenvalue weighted by Gasteiger charge is -2.29. The van der Waals surface area contributed by atoms with E-state index in [9.17, 15) is 4.79 Å². The normalized spacial score (nSPS) is 17.6. The molecule has 1 aliphatic rings. The van der Waals surface area contributed by atoms with E-state index in [2.05, 4.69) is 23.3 Å². The summed E-state index contributed by atoms with van der Waals surface area (Å²) in [5, 5.41) is 3.61. The van der Waals surface area contributed by atoms with Crippen molar-refractivity contribution in [2.45, 2.75) is 39.3 Å². The lowest BCUT2D eigenvalue weighted by Crippen LogP contribution is -2.40. The molecule has 3 heteroatoms. The van der Waals surface area contributed by atoms with Gasteiger partial charge in [0.15, 0.2) is 5.78 Å². The number of benzene rings is 1. The molecule has 3 nitrogen and oxygen atoms in total. The monoisotopic (exact) mass is 274 g/mol. The zero-order valence-electron chi connectivity index (χ0n) is 12.9. The number of ketones is 1. The van der Waals surface area contributed by atoms with E-state index >= 15 is 0 Å². The van der Waals surface area contributed by atoms with Gasteiger partial charge in [-0.05, 0) is 38.5 Å². The van der Waals surface area contributed by atoms with Crippen LogP contribution in [0.25, 0.3) is 0 Å². The lowest BCUT2D eigenvalue weighted by molar-refractivity contribution is 0.0938. The number of hydrogen-bond acceptors (Lipinski definition) is 3. The number of carbonyl (C=O) groups is 1. The number of carbonyl (C=O) groups excluding carboxylic acids is 1. The minimum absolute atomic E-state index is 0.0551. The van der Waals surface area contributed by atoms with Crippen LogP contribution in [0.15, 0.2) is 24.3 Å². The molecule has 2 rings (SSSR count). The smallest absolute Gasteiger partial charge is 0.165 e. The summed E-state index contributed by atoms with van der Waals surface area (Å²) in [6.07, 6.45) is 2.38. The molecule has 1 aromatic rings. The van der Waals surface area contributed by atoms with Gasteiger partial charge in [0, 0.05) is 24.1 Å². The van der Waals surface area contributed by atoms with Crippen LogP contribution in [0.4, 0.5) is 0 Å². The first-order valence-electron chi connectivity index (χ1n) is 7.62. The Hall–Kier alpha value is -1.19. The molecule has 1 heterocycles. The summed E-state index contributed by atoms with van der Waals surface area (Å²) in [6, 6.07) is 8.57. The van der Waals surface area contributed by atoms with Crippen LogP contribution in [-0.4, -0.2) is 36.9 Å². The molecule has 0 radical (unpaired) electrons. The van der Waals surface area contributed by atoms with Crippen molar-refractivity contribution in [2.75, 3.05) is 20.1 Å². The second kappa shape index (κ2) is 7.00. The maximum absolute atomic E-state index is 12.2. The third-order valence-electron chi connectivity index (χ3n) is 4.11. The summed E-state index contributed by atoms with van der Waals surface area (Å²) in [6.45, 7) is 7.03. The molecule has 0 aliphatic carbocycles. The number of hydrogen-bond donors (Lipinski definition) is 1. The minimum Gasteiger partial charge on any atom is -0.310 e. The SMILES string of the molecule is CC(C)C(=O)c1ccccc1CNC1CCN(C)CC1. The van der Waals surface area contributed by atoms with Crippen molar-refractivity contribution >= 4 is 5.78 Å². The second-order valence-electron chi connectivity index (χ2n) is 6.13. The van der Waals surface area contributed by atoms with Crippen molar-refractivity contribution in [3.05, 3.63) is 35.4 Å². The molecule has 0 unspecified atom stereocenters. The van der Waals surface area contributed by atoms with Crippen molar-refractivity contribution in [3.8, 4) is 0 Å². The zero-order valence-corrected chi connectivity index (χ0v) is 12.9. The molecule has 1 aromatic carbocycles. The fourth-order valence-electron chi connectivity index (χ4n) is 2.69. The van der Waals surface area contributed by atoms with Crippen LogP contribution in [0.1, 0.15) is 42.6 Å². The maximum Gasteiger partial charge on any atom is 0.165 e. The highest BCUT2D eigenvalue weighted by atomic mass is 16.1. The Bertz CT molecular complexity index is 448. The zero-order chi connectivity index (χ0) is 14.5. The predicted octanol–water partition coefficient (Wildman–Crippen LogP) is 2.71. The highest BCUT2D eigenvalue weighted by Crippen LogP contribution is 2.15. The molecule has 20 heavy (non-hydrogen) atoms. The molecule has 1 saturated heterocycles. The minimum atomic E-state index is 0.0551. The van der Waals surface area contributed by atoms with Crippen LogP contribution in [0.3, 0.4) is 0 Å². The molecule has 1 fully saturated rings. The maximum atomic E-state index is 12.2. The third kappa shape index (κ3) is 3.90. The van der Waals surface area contributed by atoms with Crippen LogP contribution < -0.4 is 5.32 Å². The summed E-state index contributed by atoms with van der Waals surface area (Å²) in [7, 11) is 2.17. The van der Waals surface area contributed by atoms with Crippen molar-refractivity contribution in [1.82, 2.24) is 10.2 Å². The lowest BCUT2D eigenvalue weighted by atomic mass is 9.96. The molecule has 0 atom stereocenters. The Balaban J connectivity index is 1.97. The van der Waals surface area contributed by atoms with Gasteiger partial charge in [0.05, 0.1) is 0 Å². The summed E-state index contributed by atoms with van der Waals surface area (Å²) in [5.74, 6) is 0.297. The van der Waals surface area contributed by atoms with E-state index in [1.807, 2.05) is 32.0 Å². The molecular weight excluding hydrogens is 248 g/mol. The van der Waals surface area contributed by atoms with Crippen molar-refractivity contribution < 1.29 is 4.79 Å². The van der Waals surface area contributed by atoms with Crippen LogP contribution in [-0.2, 0) is 6.54 Å². The van der Waals surface area contributed by atoms with E-state index in [0.29, 0.717) is 6.04 Å². The predicted molar refractivity (Wildman–Crippen MR) is 83.0 cm³/mol.